The topological polar surface area (TPSA) is 82.2 Å². The van der Waals surface area contributed by atoms with Crippen molar-refractivity contribution in [2.24, 2.45) is 0 Å². The molecule has 162 valence electrons. The molecule has 2 aliphatic heterocycles. The number of benzene rings is 2. The maximum Gasteiger partial charge on any atom is 0.321 e. The number of fused-ring (bicyclic) bond motifs is 1. The molecule has 1 atom stereocenters. The number of nitrogens with one attached hydrogen (secondary N) is 1. The van der Waals surface area contributed by atoms with E-state index in [0.29, 0.717) is 44.0 Å². The number of hydrogen-bond donors (Lipinski definition) is 1. The highest BCUT2D eigenvalue weighted by molar-refractivity contribution is 5.95. The fourth-order valence-electron chi connectivity index (χ4n) is 4.07. The Balaban J connectivity index is 1.41. The zero-order valence-electron chi connectivity index (χ0n) is 17.5. The van der Waals surface area contributed by atoms with E-state index in [1.807, 2.05) is 30.3 Å². The Kier molecular flexibility index (Phi) is 6.06. The summed E-state index contributed by atoms with van der Waals surface area (Å²) in [5.41, 5.74) is 1.62. The van der Waals surface area contributed by atoms with Gasteiger partial charge in [-0.2, -0.15) is 0 Å². The maximum absolute atomic E-state index is 13.1. The quantitative estimate of drug-likeness (QED) is 0.819. The average molecular weight is 422 g/mol. The summed E-state index contributed by atoms with van der Waals surface area (Å²) in [4.78, 5) is 43.5. The number of carbonyl (C=O) groups excluding carboxylic acids is 3. The van der Waals surface area contributed by atoms with Gasteiger partial charge in [-0.05, 0) is 24.1 Å². The third-order valence-corrected chi connectivity index (χ3v) is 5.73. The Morgan fingerprint density at radius 3 is 2.65 bits per heavy atom. The lowest BCUT2D eigenvalue weighted by atomic mass is 10.1. The van der Waals surface area contributed by atoms with Crippen LogP contribution >= 0.6 is 0 Å². The van der Waals surface area contributed by atoms with Gasteiger partial charge in [0.2, 0.25) is 11.8 Å². The first kappa shape index (κ1) is 20.7. The minimum absolute atomic E-state index is 0.0569. The van der Waals surface area contributed by atoms with Crippen molar-refractivity contribution in [2.75, 3.05) is 38.6 Å². The summed E-state index contributed by atoms with van der Waals surface area (Å²) in [7, 11) is 1.57. The van der Waals surface area contributed by atoms with Crippen molar-refractivity contribution in [2.45, 2.75) is 19.0 Å². The summed E-state index contributed by atoms with van der Waals surface area (Å²) < 4.78 is 5.19. The second kappa shape index (κ2) is 9.07. The fraction of sp³-hybridized carbons (Fsp3) is 0.348. The zero-order valence-corrected chi connectivity index (χ0v) is 17.5. The SMILES string of the molecule is COc1cccc(NC(=O)N2CCC3C(=O)N(Cc4ccccc4)CC(=O)N3CC2)c1. The van der Waals surface area contributed by atoms with Gasteiger partial charge in [-0.3, -0.25) is 9.59 Å². The predicted octanol–water partition coefficient (Wildman–Crippen LogP) is 2.17. The monoisotopic (exact) mass is 422 g/mol. The normalized spacial score (nSPS) is 19.0. The molecule has 0 spiro atoms. The summed E-state index contributed by atoms with van der Waals surface area (Å²) in [5.74, 6) is 0.523. The van der Waals surface area contributed by atoms with Gasteiger partial charge in [-0.15, -0.1) is 0 Å². The van der Waals surface area contributed by atoms with E-state index in [4.69, 9.17) is 4.74 Å². The first-order valence-electron chi connectivity index (χ1n) is 10.4. The van der Waals surface area contributed by atoms with Crippen LogP contribution < -0.4 is 10.1 Å². The van der Waals surface area contributed by atoms with Gasteiger partial charge in [0.25, 0.3) is 0 Å². The van der Waals surface area contributed by atoms with E-state index < -0.39 is 6.04 Å². The van der Waals surface area contributed by atoms with E-state index in [0.717, 1.165) is 5.56 Å². The predicted molar refractivity (Wildman–Crippen MR) is 116 cm³/mol. The van der Waals surface area contributed by atoms with E-state index in [2.05, 4.69) is 5.32 Å². The third kappa shape index (κ3) is 4.63. The van der Waals surface area contributed by atoms with Gasteiger partial charge in [0.15, 0.2) is 0 Å². The lowest BCUT2D eigenvalue weighted by molar-refractivity contribution is -0.156. The molecule has 2 aliphatic rings. The van der Waals surface area contributed by atoms with Crippen molar-refractivity contribution < 1.29 is 19.1 Å². The average Bonchev–Trinajstić information content (AvgIpc) is 3.02. The smallest absolute Gasteiger partial charge is 0.321 e. The van der Waals surface area contributed by atoms with Crippen molar-refractivity contribution in [1.29, 1.82) is 0 Å². The largest absolute Gasteiger partial charge is 0.497 e. The summed E-state index contributed by atoms with van der Waals surface area (Å²) >= 11 is 0. The van der Waals surface area contributed by atoms with Crippen LogP contribution in [0.3, 0.4) is 0 Å². The van der Waals surface area contributed by atoms with Crippen LogP contribution in [0.15, 0.2) is 54.6 Å². The summed E-state index contributed by atoms with van der Waals surface area (Å²) in [6.45, 7) is 1.61. The number of piperazine rings is 1. The van der Waals surface area contributed by atoms with E-state index in [-0.39, 0.29) is 24.4 Å². The van der Waals surface area contributed by atoms with E-state index >= 15 is 0 Å². The zero-order chi connectivity index (χ0) is 21.8. The second-order valence-corrected chi connectivity index (χ2v) is 7.72. The number of urea groups is 1. The molecule has 4 rings (SSSR count). The first-order valence-corrected chi connectivity index (χ1v) is 10.4. The van der Waals surface area contributed by atoms with Crippen molar-refractivity contribution in [1.82, 2.24) is 14.7 Å². The summed E-state index contributed by atoms with van der Waals surface area (Å²) in [6.07, 6.45) is 0.418. The molecule has 2 heterocycles. The second-order valence-electron chi connectivity index (χ2n) is 7.72. The van der Waals surface area contributed by atoms with Gasteiger partial charge < -0.3 is 24.8 Å². The van der Waals surface area contributed by atoms with Crippen LogP contribution in [0.5, 0.6) is 5.75 Å². The van der Waals surface area contributed by atoms with Crippen molar-refractivity contribution in [3.63, 3.8) is 0 Å². The van der Waals surface area contributed by atoms with Crippen LogP contribution in [0.25, 0.3) is 0 Å². The van der Waals surface area contributed by atoms with Gasteiger partial charge in [-0.25, -0.2) is 4.79 Å². The molecule has 8 nitrogen and oxygen atoms in total. The fourth-order valence-corrected chi connectivity index (χ4v) is 4.07. The molecule has 2 fully saturated rings. The van der Waals surface area contributed by atoms with Crippen molar-refractivity contribution >= 4 is 23.5 Å². The first-order chi connectivity index (χ1) is 15.0. The summed E-state index contributed by atoms with van der Waals surface area (Å²) in [6, 6.07) is 16.0. The number of rotatable bonds is 4. The molecule has 2 aromatic rings. The molecule has 0 radical (unpaired) electrons. The van der Waals surface area contributed by atoms with Crippen LogP contribution in [0, 0.1) is 0 Å². The number of nitrogens with zero attached hydrogens (tertiary/aromatic N) is 3. The molecule has 0 saturated carbocycles. The number of hydrogen-bond acceptors (Lipinski definition) is 4. The Bertz CT molecular complexity index is 965. The minimum atomic E-state index is -0.528. The molecular weight excluding hydrogens is 396 g/mol. The Morgan fingerprint density at radius 1 is 1.06 bits per heavy atom. The molecule has 0 aliphatic carbocycles. The van der Waals surface area contributed by atoms with Gasteiger partial charge in [0.05, 0.1) is 7.11 Å². The van der Waals surface area contributed by atoms with Crippen molar-refractivity contribution in [3.8, 4) is 5.75 Å². The Morgan fingerprint density at radius 2 is 1.87 bits per heavy atom. The van der Waals surface area contributed by atoms with Crippen LogP contribution in [-0.2, 0) is 16.1 Å². The van der Waals surface area contributed by atoms with Crippen LogP contribution in [0.1, 0.15) is 12.0 Å². The number of carbonyl (C=O) groups is 3. The van der Waals surface area contributed by atoms with Gasteiger partial charge in [0, 0.05) is 37.9 Å². The molecule has 8 heteroatoms. The number of ether oxygens (including phenoxy) is 1. The molecule has 0 bridgehead atoms. The molecule has 1 unspecified atom stereocenters. The molecule has 4 amide bonds. The van der Waals surface area contributed by atoms with E-state index in [1.54, 1.807) is 46.1 Å². The standard InChI is InChI=1S/C23H26N4O4/c1-31-19-9-5-8-18(14-19)24-23(30)25-11-10-20-22(29)26(15-17-6-3-2-4-7-17)16-21(28)27(20)13-12-25/h2-9,14,20H,10-13,15-16H2,1H3,(H,24,30). The number of amides is 4. The highest BCUT2D eigenvalue weighted by atomic mass is 16.5. The van der Waals surface area contributed by atoms with Crippen LogP contribution in [0.2, 0.25) is 0 Å². The van der Waals surface area contributed by atoms with Gasteiger partial charge in [-0.1, -0.05) is 36.4 Å². The number of anilines is 1. The molecule has 1 N–H and O–H groups in total. The Labute approximate surface area is 181 Å². The highest BCUT2D eigenvalue weighted by Gasteiger charge is 2.41. The minimum Gasteiger partial charge on any atom is -0.497 e. The van der Waals surface area contributed by atoms with Crippen LogP contribution in [-0.4, -0.2) is 71.9 Å². The lowest BCUT2D eigenvalue weighted by Crippen LogP contribution is -2.59. The van der Waals surface area contributed by atoms with E-state index in [9.17, 15) is 14.4 Å². The molecule has 31 heavy (non-hydrogen) atoms. The van der Waals surface area contributed by atoms with Gasteiger partial charge in [0.1, 0.15) is 18.3 Å². The molecule has 0 aromatic heterocycles. The van der Waals surface area contributed by atoms with E-state index in [1.165, 1.54) is 0 Å². The van der Waals surface area contributed by atoms with Crippen molar-refractivity contribution in [3.05, 3.63) is 60.2 Å². The summed E-state index contributed by atoms with van der Waals surface area (Å²) in [5, 5.41) is 2.87. The third-order valence-electron chi connectivity index (χ3n) is 5.73. The Hall–Kier alpha value is -3.55. The highest BCUT2D eigenvalue weighted by Crippen LogP contribution is 2.22. The van der Waals surface area contributed by atoms with Gasteiger partial charge >= 0.3 is 6.03 Å². The van der Waals surface area contributed by atoms with Crippen LogP contribution in [0.4, 0.5) is 10.5 Å². The molecule has 2 saturated heterocycles. The lowest BCUT2D eigenvalue weighted by Gasteiger charge is -2.39. The maximum atomic E-state index is 13.1. The molecular formula is C23H26N4O4. The number of methoxy groups -OCH3 is 1. The molecule has 2 aromatic carbocycles.